The highest BCUT2D eigenvalue weighted by Crippen LogP contribution is 2.38. The van der Waals surface area contributed by atoms with Gasteiger partial charge in [-0.2, -0.15) is 0 Å². The first-order valence-electron chi connectivity index (χ1n) is 5.00. The maximum absolute atomic E-state index is 10.7. The van der Waals surface area contributed by atoms with E-state index in [1.807, 2.05) is 25.1 Å². The third kappa shape index (κ3) is 1.48. The first-order chi connectivity index (χ1) is 7.81. The van der Waals surface area contributed by atoms with Crippen molar-refractivity contribution >= 4 is 18.3 Å². The van der Waals surface area contributed by atoms with Crippen LogP contribution < -0.4 is 9.64 Å². The minimum Gasteiger partial charge on any atom is -0.438 e. The summed E-state index contributed by atoms with van der Waals surface area (Å²) in [5, 5.41) is 0. The number of ether oxygens (including phenoxy) is 1. The smallest absolute Gasteiger partial charge is 0.214 e. The van der Waals surface area contributed by atoms with Crippen LogP contribution in [0.5, 0.6) is 5.75 Å². The molecule has 0 aromatic heterocycles. The van der Waals surface area contributed by atoms with Crippen LogP contribution in [0.2, 0.25) is 0 Å². The zero-order valence-electron chi connectivity index (χ0n) is 8.84. The summed E-state index contributed by atoms with van der Waals surface area (Å²) in [6.07, 6.45) is 1.02. The van der Waals surface area contributed by atoms with Crippen molar-refractivity contribution in [3.63, 3.8) is 0 Å². The lowest BCUT2D eigenvalue weighted by molar-refractivity contribution is -0.110. The molecule has 0 bridgehead atoms. The molecule has 16 heavy (non-hydrogen) atoms. The number of fused-ring (bicyclic) bond motifs is 1. The summed E-state index contributed by atoms with van der Waals surface area (Å²) in [6, 6.07) is 7.42. The first kappa shape index (κ1) is 10.4. The number of carbonyl (C=O) groups is 2. The minimum atomic E-state index is 0.0260. The summed E-state index contributed by atoms with van der Waals surface area (Å²) < 4.78 is 5.50. The Kier molecular flexibility index (Phi) is 2.72. The Morgan fingerprint density at radius 3 is 2.62 bits per heavy atom. The van der Waals surface area contributed by atoms with Gasteiger partial charge in [-0.15, -0.1) is 0 Å². The maximum Gasteiger partial charge on any atom is 0.214 e. The van der Waals surface area contributed by atoms with Gasteiger partial charge in [-0.25, -0.2) is 0 Å². The highest BCUT2D eigenvalue weighted by Gasteiger charge is 2.27. The van der Waals surface area contributed by atoms with Crippen LogP contribution in [0.4, 0.5) is 5.69 Å². The molecule has 0 spiro atoms. The normalized spacial score (nSPS) is 13.1. The number of benzene rings is 1. The fourth-order valence-electron chi connectivity index (χ4n) is 1.69. The Balaban J connectivity index is 2.53. The Morgan fingerprint density at radius 1 is 1.31 bits per heavy atom. The van der Waals surface area contributed by atoms with Crippen LogP contribution in [0.15, 0.2) is 35.7 Å². The van der Waals surface area contributed by atoms with Crippen LogP contribution in [-0.2, 0) is 9.59 Å². The number of nitrogens with zero attached hydrogens (tertiary/aromatic N) is 1. The molecule has 0 amide bonds. The monoisotopic (exact) mass is 217 g/mol. The lowest BCUT2D eigenvalue weighted by atomic mass is 10.2. The van der Waals surface area contributed by atoms with Gasteiger partial charge in [0.05, 0.1) is 5.69 Å². The Hall–Kier alpha value is -2.10. The van der Waals surface area contributed by atoms with Crippen LogP contribution in [0.3, 0.4) is 0 Å². The van der Waals surface area contributed by atoms with Gasteiger partial charge in [0.15, 0.2) is 18.3 Å². The Morgan fingerprint density at radius 2 is 2.00 bits per heavy atom. The van der Waals surface area contributed by atoms with Gasteiger partial charge in [0.1, 0.15) is 5.57 Å². The second kappa shape index (κ2) is 4.18. The molecule has 1 aliphatic heterocycles. The summed E-state index contributed by atoms with van der Waals surface area (Å²) in [5.74, 6) is 0.981. The van der Waals surface area contributed by atoms with Gasteiger partial charge in [-0.1, -0.05) is 12.1 Å². The van der Waals surface area contributed by atoms with Crippen molar-refractivity contribution in [2.24, 2.45) is 0 Å². The van der Waals surface area contributed by atoms with Crippen molar-refractivity contribution in [1.82, 2.24) is 0 Å². The zero-order valence-corrected chi connectivity index (χ0v) is 8.84. The predicted octanol–water partition coefficient (Wildman–Crippen LogP) is 1.51. The van der Waals surface area contributed by atoms with Gasteiger partial charge < -0.3 is 9.64 Å². The molecule has 1 aliphatic rings. The molecule has 0 fully saturated rings. The predicted molar refractivity (Wildman–Crippen MR) is 59.2 cm³/mol. The minimum absolute atomic E-state index is 0.0260. The lowest BCUT2D eigenvalue weighted by Gasteiger charge is -2.15. The highest BCUT2D eigenvalue weighted by atomic mass is 16.5. The summed E-state index contributed by atoms with van der Waals surface area (Å²) >= 11 is 0. The Labute approximate surface area is 93.1 Å². The van der Waals surface area contributed by atoms with Crippen molar-refractivity contribution in [1.29, 1.82) is 0 Å². The number of para-hydroxylation sites is 2. The second-order valence-corrected chi connectivity index (χ2v) is 3.31. The number of hydrogen-bond acceptors (Lipinski definition) is 4. The van der Waals surface area contributed by atoms with Crippen molar-refractivity contribution in [3.8, 4) is 5.75 Å². The molecule has 1 heterocycles. The van der Waals surface area contributed by atoms with E-state index in [0.29, 0.717) is 30.7 Å². The SMILES string of the molecule is CCN1C(=C(C=O)C=O)Oc2ccccc21. The third-order valence-electron chi connectivity index (χ3n) is 2.42. The van der Waals surface area contributed by atoms with Crippen LogP contribution >= 0.6 is 0 Å². The van der Waals surface area contributed by atoms with Crippen LogP contribution in [0.1, 0.15) is 6.92 Å². The topological polar surface area (TPSA) is 46.6 Å². The standard InChI is InChI=1S/C12H11NO3/c1-2-13-10-5-3-4-6-11(10)16-12(13)9(7-14)8-15/h3-8H,2H2,1H3. The fraction of sp³-hybridized carbons (Fsp3) is 0.167. The summed E-state index contributed by atoms with van der Waals surface area (Å²) in [7, 11) is 0. The molecule has 82 valence electrons. The average molecular weight is 217 g/mol. The third-order valence-corrected chi connectivity index (χ3v) is 2.42. The maximum atomic E-state index is 10.7. The molecule has 0 N–H and O–H groups in total. The molecule has 0 radical (unpaired) electrons. The molecule has 0 atom stereocenters. The van der Waals surface area contributed by atoms with Crippen LogP contribution in [0, 0.1) is 0 Å². The van der Waals surface area contributed by atoms with E-state index in [4.69, 9.17) is 4.74 Å². The van der Waals surface area contributed by atoms with Gasteiger partial charge in [0, 0.05) is 6.54 Å². The summed E-state index contributed by atoms with van der Waals surface area (Å²) in [6.45, 7) is 2.57. The largest absolute Gasteiger partial charge is 0.438 e. The molecule has 0 aliphatic carbocycles. The number of carbonyl (C=O) groups excluding carboxylic acids is 2. The first-order valence-corrected chi connectivity index (χ1v) is 5.00. The van der Waals surface area contributed by atoms with E-state index in [1.165, 1.54) is 0 Å². The van der Waals surface area contributed by atoms with Crippen molar-refractivity contribution < 1.29 is 14.3 Å². The molecule has 2 rings (SSSR count). The van der Waals surface area contributed by atoms with E-state index in [0.717, 1.165) is 5.69 Å². The number of aldehydes is 2. The number of rotatable bonds is 3. The summed E-state index contributed by atoms with van der Waals surface area (Å²) in [5.41, 5.74) is 0.902. The number of allylic oxidation sites excluding steroid dienone is 1. The molecule has 0 unspecified atom stereocenters. The Bertz CT molecular complexity index is 455. The van der Waals surface area contributed by atoms with Crippen LogP contribution in [-0.4, -0.2) is 19.1 Å². The fourth-order valence-corrected chi connectivity index (χ4v) is 1.69. The van der Waals surface area contributed by atoms with Gasteiger partial charge in [-0.3, -0.25) is 9.59 Å². The van der Waals surface area contributed by atoms with E-state index < -0.39 is 0 Å². The molecule has 4 nitrogen and oxygen atoms in total. The molecule has 4 heteroatoms. The lowest BCUT2D eigenvalue weighted by Crippen LogP contribution is -2.22. The van der Waals surface area contributed by atoms with E-state index >= 15 is 0 Å². The zero-order chi connectivity index (χ0) is 11.5. The number of hydrogen-bond donors (Lipinski definition) is 0. The van der Waals surface area contributed by atoms with Crippen molar-refractivity contribution in [3.05, 3.63) is 35.7 Å². The molecule has 0 saturated carbocycles. The van der Waals surface area contributed by atoms with E-state index in [2.05, 4.69) is 0 Å². The summed E-state index contributed by atoms with van der Waals surface area (Å²) in [4.78, 5) is 23.3. The molecular formula is C12H11NO3. The highest BCUT2D eigenvalue weighted by molar-refractivity contribution is 6.01. The molecular weight excluding hydrogens is 206 g/mol. The molecule has 0 saturated heterocycles. The van der Waals surface area contributed by atoms with E-state index in [-0.39, 0.29) is 5.57 Å². The number of anilines is 1. The average Bonchev–Trinajstić information content (AvgIpc) is 2.69. The van der Waals surface area contributed by atoms with Crippen LogP contribution in [0.25, 0.3) is 0 Å². The van der Waals surface area contributed by atoms with Gasteiger partial charge in [0.2, 0.25) is 5.88 Å². The van der Waals surface area contributed by atoms with E-state index in [9.17, 15) is 9.59 Å². The molecule has 1 aromatic rings. The second-order valence-electron chi connectivity index (χ2n) is 3.31. The van der Waals surface area contributed by atoms with Gasteiger partial charge in [-0.05, 0) is 19.1 Å². The van der Waals surface area contributed by atoms with Gasteiger partial charge >= 0.3 is 0 Å². The van der Waals surface area contributed by atoms with E-state index in [1.54, 1.807) is 11.0 Å². The van der Waals surface area contributed by atoms with Crippen molar-refractivity contribution in [2.45, 2.75) is 6.92 Å². The van der Waals surface area contributed by atoms with Gasteiger partial charge in [0.25, 0.3) is 0 Å². The molecule has 1 aromatic carbocycles. The quantitative estimate of drug-likeness (QED) is 0.333. The van der Waals surface area contributed by atoms with Crippen molar-refractivity contribution in [2.75, 3.05) is 11.4 Å².